The number of aryl methyl sites for hydroxylation is 3. The summed E-state index contributed by atoms with van der Waals surface area (Å²) >= 11 is 6.04. The molecule has 1 N–H and O–H groups in total. The number of fused-ring (bicyclic) bond motifs is 1. The maximum Gasteiger partial charge on any atom is 0.256 e. The number of carbonyl (C=O) groups excluding carboxylic acids is 1. The number of benzene rings is 1. The first-order chi connectivity index (χ1) is 11.9. The third-order valence-electron chi connectivity index (χ3n) is 3.96. The number of nitrogens with zero attached hydrogens (tertiary/aromatic N) is 3. The predicted molar refractivity (Wildman–Crippen MR) is 98.6 cm³/mol. The minimum Gasteiger partial charge on any atom is -0.495 e. The molecule has 6 nitrogen and oxygen atoms in total. The number of carbonyl (C=O) groups is 1. The van der Waals surface area contributed by atoms with Gasteiger partial charge in [-0.05, 0) is 45.0 Å². The summed E-state index contributed by atoms with van der Waals surface area (Å²) in [7, 11) is 1.54. The summed E-state index contributed by atoms with van der Waals surface area (Å²) in [6.45, 7) is 6.41. The molecule has 0 atom stereocenters. The van der Waals surface area contributed by atoms with Crippen LogP contribution in [0.4, 0.5) is 5.69 Å². The van der Waals surface area contributed by atoms with Gasteiger partial charge in [0.05, 0.1) is 29.4 Å². The van der Waals surface area contributed by atoms with Crippen LogP contribution in [-0.4, -0.2) is 27.8 Å². The van der Waals surface area contributed by atoms with Crippen molar-refractivity contribution in [3.8, 4) is 5.75 Å². The van der Waals surface area contributed by atoms with Gasteiger partial charge in [-0.2, -0.15) is 5.10 Å². The molecule has 1 aromatic carbocycles. The highest BCUT2D eigenvalue weighted by atomic mass is 35.5. The molecule has 25 heavy (non-hydrogen) atoms. The van der Waals surface area contributed by atoms with Gasteiger partial charge in [-0.15, -0.1) is 0 Å². The second kappa shape index (κ2) is 6.72. The van der Waals surface area contributed by atoms with E-state index in [9.17, 15) is 4.79 Å². The van der Waals surface area contributed by atoms with E-state index in [1.165, 1.54) is 0 Å². The summed E-state index contributed by atoms with van der Waals surface area (Å²) in [5.74, 6) is 0.288. The van der Waals surface area contributed by atoms with E-state index in [4.69, 9.17) is 16.3 Å². The smallest absolute Gasteiger partial charge is 0.256 e. The first-order valence-corrected chi connectivity index (χ1v) is 8.32. The monoisotopic (exact) mass is 358 g/mol. The lowest BCUT2D eigenvalue weighted by molar-refractivity contribution is 0.102. The van der Waals surface area contributed by atoms with Crippen LogP contribution in [0.5, 0.6) is 5.75 Å². The topological polar surface area (TPSA) is 69.0 Å². The molecule has 2 aromatic heterocycles. The Morgan fingerprint density at radius 3 is 2.76 bits per heavy atom. The minimum absolute atomic E-state index is 0.255. The SMILES string of the molecule is CCn1nc(C)c2c(C(=O)Nc3cc(Cl)ccc3OC)cc(C)nc21. The van der Waals surface area contributed by atoms with Crippen LogP contribution in [0.15, 0.2) is 24.3 Å². The van der Waals surface area contributed by atoms with Crippen molar-refractivity contribution in [2.24, 2.45) is 0 Å². The van der Waals surface area contributed by atoms with E-state index in [1.54, 1.807) is 36.1 Å². The van der Waals surface area contributed by atoms with Crippen LogP contribution in [0.25, 0.3) is 11.0 Å². The zero-order valence-corrected chi connectivity index (χ0v) is 15.3. The van der Waals surface area contributed by atoms with Crippen LogP contribution in [0.3, 0.4) is 0 Å². The molecule has 2 heterocycles. The molecule has 0 unspecified atom stereocenters. The van der Waals surface area contributed by atoms with Crippen molar-refractivity contribution in [2.75, 3.05) is 12.4 Å². The average molecular weight is 359 g/mol. The number of amides is 1. The average Bonchev–Trinajstić information content (AvgIpc) is 2.90. The molecule has 0 fully saturated rings. The molecular weight excluding hydrogens is 340 g/mol. The van der Waals surface area contributed by atoms with E-state index in [2.05, 4.69) is 15.4 Å². The van der Waals surface area contributed by atoms with Gasteiger partial charge < -0.3 is 10.1 Å². The number of ether oxygens (including phenoxy) is 1. The highest BCUT2D eigenvalue weighted by Gasteiger charge is 2.19. The summed E-state index contributed by atoms with van der Waals surface area (Å²) in [5, 5.41) is 8.63. The van der Waals surface area contributed by atoms with Crippen molar-refractivity contribution in [1.29, 1.82) is 0 Å². The first-order valence-electron chi connectivity index (χ1n) is 7.94. The van der Waals surface area contributed by atoms with Crippen LogP contribution >= 0.6 is 11.6 Å². The number of hydrogen-bond donors (Lipinski definition) is 1. The molecule has 3 rings (SSSR count). The fourth-order valence-electron chi connectivity index (χ4n) is 2.85. The predicted octanol–water partition coefficient (Wildman–Crippen LogP) is 3.98. The number of hydrogen-bond acceptors (Lipinski definition) is 4. The number of halogens is 1. The highest BCUT2D eigenvalue weighted by molar-refractivity contribution is 6.31. The molecule has 1 amide bonds. The molecule has 0 aliphatic rings. The largest absolute Gasteiger partial charge is 0.495 e. The molecule has 0 saturated carbocycles. The van der Waals surface area contributed by atoms with Gasteiger partial charge in [0.25, 0.3) is 5.91 Å². The van der Waals surface area contributed by atoms with E-state index in [0.29, 0.717) is 34.2 Å². The normalized spacial score (nSPS) is 10.9. The number of nitrogens with one attached hydrogen (secondary N) is 1. The summed E-state index contributed by atoms with van der Waals surface area (Å²) in [6, 6.07) is 6.85. The van der Waals surface area contributed by atoms with Crippen molar-refractivity contribution in [3.63, 3.8) is 0 Å². The molecule has 3 aromatic rings. The van der Waals surface area contributed by atoms with Gasteiger partial charge in [-0.1, -0.05) is 11.6 Å². The maximum atomic E-state index is 12.9. The zero-order chi connectivity index (χ0) is 18.1. The lowest BCUT2D eigenvalue weighted by atomic mass is 10.1. The fourth-order valence-corrected chi connectivity index (χ4v) is 3.02. The Hall–Kier alpha value is -2.60. The number of methoxy groups -OCH3 is 1. The van der Waals surface area contributed by atoms with Crippen molar-refractivity contribution < 1.29 is 9.53 Å². The Labute approximate surface area is 150 Å². The van der Waals surface area contributed by atoms with Gasteiger partial charge in [0.2, 0.25) is 0 Å². The molecule has 0 aliphatic heterocycles. The van der Waals surface area contributed by atoms with Crippen LogP contribution < -0.4 is 10.1 Å². The third kappa shape index (κ3) is 3.17. The Kier molecular flexibility index (Phi) is 4.63. The summed E-state index contributed by atoms with van der Waals surface area (Å²) < 4.78 is 7.09. The molecule has 0 aliphatic carbocycles. The van der Waals surface area contributed by atoms with Crippen molar-refractivity contribution >= 4 is 34.2 Å². The number of rotatable bonds is 4. The lowest BCUT2D eigenvalue weighted by Crippen LogP contribution is -2.14. The number of anilines is 1. The molecule has 130 valence electrons. The molecule has 0 spiro atoms. The van der Waals surface area contributed by atoms with Crippen molar-refractivity contribution in [3.05, 3.63) is 46.2 Å². The summed E-state index contributed by atoms with van der Waals surface area (Å²) in [5.41, 5.74) is 3.28. The van der Waals surface area contributed by atoms with E-state index >= 15 is 0 Å². The lowest BCUT2D eigenvalue weighted by Gasteiger charge is -2.11. The quantitative estimate of drug-likeness (QED) is 0.765. The zero-order valence-electron chi connectivity index (χ0n) is 14.6. The van der Waals surface area contributed by atoms with Gasteiger partial charge in [0.1, 0.15) is 5.75 Å². The van der Waals surface area contributed by atoms with Gasteiger partial charge >= 0.3 is 0 Å². The first kappa shape index (κ1) is 17.2. The van der Waals surface area contributed by atoms with Crippen LogP contribution in [0, 0.1) is 13.8 Å². The highest BCUT2D eigenvalue weighted by Crippen LogP contribution is 2.29. The maximum absolute atomic E-state index is 12.9. The van der Waals surface area contributed by atoms with Crippen LogP contribution in [0.1, 0.15) is 28.7 Å². The van der Waals surface area contributed by atoms with Crippen molar-refractivity contribution in [1.82, 2.24) is 14.8 Å². The van der Waals surface area contributed by atoms with E-state index in [0.717, 1.165) is 16.8 Å². The molecule has 0 radical (unpaired) electrons. The van der Waals surface area contributed by atoms with Gasteiger partial charge in [-0.3, -0.25) is 4.79 Å². The summed E-state index contributed by atoms with van der Waals surface area (Å²) in [4.78, 5) is 17.5. The third-order valence-corrected chi connectivity index (χ3v) is 4.19. The standard InChI is InChI=1S/C18H19ClN4O2/c1-5-23-17-16(11(3)22-23)13(8-10(2)20-17)18(24)21-14-9-12(19)6-7-15(14)25-4/h6-9H,5H2,1-4H3,(H,21,24). The van der Waals surface area contributed by atoms with Crippen molar-refractivity contribution in [2.45, 2.75) is 27.3 Å². The minimum atomic E-state index is -0.255. The van der Waals surface area contributed by atoms with E-state index in [1.807, 2.05) is 20.8 Å². The molecule has 0 bridgehead atoms. The van der Waals surface area contributed by atoms with Crippen LogP contribution in [0.2, 0.25) is 5.02 Å². The van der Waals surface area contributed by atoms with Gasteiger partial charge in [0.15, 0.2) is 5.65 Å². The Morgan fingerprint density at radius 2 is 2.08 bits per heavy atom. The number of pyridine rings is 1. The Morgan fingerprint density at radius 1 is 1.32 bits per heavy atom. The van der Waals surface area contributed by atoms with Crippen LogP contribution in [-0.2, 0) is 6.54 Å². The Balaban J connectivity index is 2.09. The second-order valence-corrected chi connectivity index (χ2v) is 6.15. The molecular formula is C18H19ClN4O2. The van der Waals surface area contributed by atoms with Gasteiger partial charge in [-0.25, -0.2) is 9.67 Å². The van der Waals surface area contributed by atoms with E-state index < -0.39 is 0 Å². The van der Waals surface area contributed by atoms with E-state index in [-0.39, 0.29) is 5.91 Å². The second-order valence-electron chi connectivity index (χ2n) is 5.71. The Bertz CT molecular complexity index is 965. The fraction of sp³-hybridized carbons (Fsp3) is 0.278. The summed E-state index contributed by atoms with van der Waals surface area (Å²) in [6.07, 6.45) is 0. The molecule has 0 saturated heterocycles. The number of aromatic nitrogens is 3. The van der Waals surface area contributed by atoms with Gasteiger partial charge in [0, 0.05) is 17.3 Å². The molecule has 7 heteroatoms.